The second kappa shape index (κ2) is 9.43. The summed E-state index contributed by atoms with van der Waals surface area (Å²) in [6, 6.07) is 7.66. The van der Waals surface area contributed by atoms with Crippen molar-refractivity contribution < 1.29 is 9.90 Å². The lowest BCUT2D eigenvalue weighted by Gasteiger charge is -2.29. The van der Waals surface area contributed by atoms with Crippen molar-refractivity contribution in [2.75, 3.05) is 18.1 Å². The highest BCUT2D eigenvalue weighted by atomic mass is 35.5. The van der Waals surface area contributed by atoms with Crippen LogP contribution >= 0.6 is 23.4 Å². The number of rotatable bonds is 7. The quantitative estimate of drug-likeness (QED) is 0.800. The zero-order valence-corrected chi connectivity index (χ0v) is 14.3. The van der Waals surface area contributed by atoms with Gasteiger partial charge in [-0.05, 0) is 60.8 Å². The predicted octanol–water partition coefficient (Wildman–Crippen LogP) is 3.28. The number of thioether (sulfide) groups is 1. The van der Waals surface area contributed by atoms with Gasteiger partial charge in [0.05, 0.1) is 12.6 Å². The molecule has 1 fully saturated rings. The van der Waals surface area contributed by atoms with E-state index in [-0.39, 0.29) is 18.6 Å². The van der Waals surface area contributed by atoms with Crippen molar-refractivity contribution >= 4 is 29.3 Å². The van der Waals surface area contributed by atoms with Gasteiger partial charge < -0.3 is 10.4 Å². The number of hydrogen-bond acceptors (Lipinski definition) is 3. The first kappa shape index (κ1) is 17.6. The Hall–Kier alpha value is -0.710. The van der Waals surface area contributed by atoms with E-state index in [9.17, 15) is 9.90 Å². The van der Waals surface area contributed by atoms with Crippen molar-refractivity contribution in [1.82, 2.24) is 5.32 Å². The maximum atomic E-state index is 12.1. The molecule has 0 aliphatic carbocycles. The summed E-state index contributed by atoms with van der Waals surface area (Å²) >= 11 is 7.81. The first-order chi connectivity index (χ1) is 10.7. The zero-order chi connectivity index (χ0) is 15.8. The second-order valence-electron chi connectivity index (χ2n) is 5.79. The minimum atomic E-state index is -0.0797. The van der Waals surface area contributed by atoms with Crippen molar-refractivity contribution in [3.05, 3.63) is 34.9 Å². The van der Waals surface area contributed by atoms with Gasteiger partial charge in [-0.25, -0.2) is 0 Å². The molecule has 122 valence electrons. The molecule has 3 nitrogen and oxygen atoms in total. The molecule has 1 heterocycles. The molecule has 1 amide bonds. The topological polar surface area (TPSA) is 49.3 Å². The van der Waals surface area contributed by atoms with Gasteiger partial charge in [0.1, 0.15) is 0 Å². The van der Waals surface area contributed by atoms with Crippen LogP contribution in [0.3, 0.4) is 0 Å². The van der Waals surface area contributed by atoms with E-state index in [0.29, 0.717) is 12.3 Å². The van der Waals surface area contributed by atoms with Gasteiger partial charge in [-0.1, -0.05) is 23.7 Å². The van der Waals surface area contributed by atoms with E-state index >= 15 is 0 Å². The van der Waals surface area contributed by atoms with Gasteiger partial charge in [-0.2, -0.15) is 11.8 Å². The molecule has 5 heteroatoms. The fourth-order valence-electron chi connectivity index (χ4n) is 2.81. The highest BCUT2D eigenvalue weighted by molar-refractivity contribution is 7.99. The lowest BCUT2D eigenvalue weighted by atomic mass is 9.94. The van der Waals surface area contributed by atoms with Crippen LogP contribution in [0.4, 0.5) is 0 Å². The highest BCUT2D eigenvalue weighted by Gasteiger charge is 2.24. The normalized spacial score (nSPS) is 17.2. The summed E-state index contributed by atoms with van der Waals surface area (Å²) in [5.74, 6) is 2.74. The van der Waals surface area contributed by atoms with Gasteiger partial charge >= 0.3 is 0 Å². The Labute approximate surface area is 141 Å². The van der Waals surface area contributed by atoms with Crippen LogP contribution in [-0.4, -0.2) is 35.2 Å². The Bertz CT molecular complexity index is 460. The van der Waals surface area contributed by atoms with Gasteiger partial charge in [0.25, 0.3) is 0 Å². The first-order valence-electron chi connectivity index (χ1n) is 7.91. The monoisotopic (exact) mass is 341 g/mol. The number of benzene rings is 1. The number of carbonyl (C=O) groups excluding carboxylic acids is 1. The molecule has 1 aromatic carbocycles. The Morgan fingerprint density at radius 3 is 2.64 bits per heavy atom. The minimum Gasteiger partial charge on any atom is -0.394 e. The van der Waals surface area contributed by atoms with E-state index in [1.54, 1.807) is 0 Å². The summed E-state index contributed by atoms with van der Waals surface area (Å²) in [6.07, 6.45) is 4.35. The fraction of sp³-hybridized carbons (Fsp3) is 0.588. The van der Waals surface area contributed by atoms with E-state index < -0.39 is 0 Å². The molecule has 1 saturated heterocycles. The smallest absolute Gasteiger partial charge is 0.220 e. The molecule has 0 bridgehead atoms. The SMILES string of the molecule is O=C(CCCc1ccc(Cl)cc1)N[C@@H](CO)C1CCSCC1. The van der Waals surface area contributed by atoms with E-state index in [0.717, 1.165) is 42.2 Å². The van der Waals surface area contributed by atoms with Crippen LogP contribution in [0.1, 0.15) is 31.2 Å². The van der Waals surface area contributed by atoms with Crippen LogP contribution in [0.15, 0.2) is 24.3 Å². The fourth-order valence-corrected chi connectivity index (χ4v) is 4.08. The molecule has 0 radical (unpaired) electrons. The molecule has 1 atom stereocenters. The van der Waals surface area contributed by atoms with Crippen molar-refractivity contribution in [2.45, 2.75) is 38.1 Å². The third-order valence-corrected chi connectivity index (χ3v) is 5.46. The second-order valence-corrected chi connectivity index (χ2v) is 7.45. The summed E-state index contributed by atoms with van der Waals surface area (Å²) in [7, 11) is 0. The molecular weight excluding hydrogens is 318 g/mol. The van der Waals surface area contributed by atoms with E-state index in [2.05, 4.69) is 5.32 Å². The molecule has 2 rings (SSSR count). The number of carbonyl (C=O) groups is 1. The number of aryl methyl sites for hydroxylation is 1. The highest BCUT2D eigenvalue weighted by Crippen LogP contribution is 2.25. The summed E-state index contributed by atoms with van der Waals surface area (Å²) in [5, 5.41) is 13.3. The van der Waals surface area contributed by atoms with E-state index in [1.165, 1.54) is 5.56 Å². The molecule has 1 aliphatic heterocycles. The Morgan fingerprint density at radius 2 is 2.00 bits per heavy atom. The number of aliphatic hydroxyl groups excluding tert-OH is 1. The van der Waals surface area contributed by atoms with Crippen LogP contribution < -0.4 is 5.32 Å². The van der Waals surface area contributed by atoms with E-state index in [1.807, 2.05) is 36.0 Å². The molecule has 1 aliphatic rings. The lowest BCUT2D eigenvalue weighted by Crippen LogP contribution is -2.44. The molecule has 2 N–H and O–H groups in total. The molecule has 22 heavy (non-hydrogen) atoms. The van der Waals surface area contributed by atoms with Crippen LogP contribution in [0.2, 0.25) is 5.02 Å². The largest absolute Gasteiger partial charge is 0.394 e. The molecule has 1 aromatic rings. The Morgan fingerprint density at radius 1 is 1.32 bits per heavy atom. The molecule has 0 saturated carbocycles. The molecule has 0 aromatic heterocycles. The molecule has 0 spiro atoms. The minimum absolute atomic E-state index is 0.0399. The number of hydrogen-bond donors (Lipinski definition) is 2. The van der Waals surface area contributed by atoms with Crippen molar-refractivity contribution in [3.63, 3.8) is 0 Å². The standard InChI is InChI=1S/C17H24ClNO2S/c18-15-6-4-13(5-7-15)2-1-3-17(21)19-16(12-20)14-8-10-22-11-9-14/h4-7,14,16,20H,1-3,8-12H2,(H,19,21)/t16-/m0/s1. The number of nitrogens with one attached hydrogen (secondary N) is 1. The zero-order valence-electron chi connectivity index (χ0n) is 12.8. The maximum absolute atomic E-state index is 12.1. The molecule has 0 unspecified atom stereocenters. The summed E-state index contributed by atoms with van der Waals surface area (Å²) in [6.45, 7) is 0.0399. The van der Waals surface area contributed by atoms with Crippen molar-refractivity contribution in [1.29, 1.82) is 0 Å². The average Bonchev–Trinajstić information content (AvgIpc) is 2.55. The number of aliphatic hydroxyl groups is 1. The van der Waals surface area contributed by atoms with Gasteiger partial charge in [0.2, 0.25) is 5.91 Å². The summed E-state index contributed by atoms with van der Waals surface area (Å²) < 4.78 is 0. The average molecular weight is 342 g/mol. The van der Waals surface area contributed by atoms with Crippen LogP contribution in [-0.2, 0) is 11.2 Å². The van der Waals surface area contributed by atoms with Gasteiger partial charge in [-0.3, -0.25) is 4.79 Å². The molecular formula is C17H24ClNO2S. The Balaban J connectivity index is 1.70. The van der Waals surface area contributed by atoms with Gasteiger partial charge in [0.15, 0.2) is 0 Å². The number of halogens is 1. The van der Waals surface area contributed by atoms with Gasteiger partial charge in [0, 0.05) is 11.4 Å². The Kier molecular flexibility index (Phi) is 7.56. The van der Waals surface area contributed by atoms with Crippen molar-refractivity contribution in [3.8, 4) is 0 Å². The third kappa shape index (κ3) is 5.82. The summed E-state index contributed by atoms with van der Waals surface area (Å²) in [5.41, 5.74) is 1.19. The first-order valence-corrected chi connectivity index (χ1v) is 9.44. The van der Waals surface area contributed by atoms with Gasteiger partial charge in [-0.15, -0.1) is 0 Å². The van der Waals surface area contributed by atoms with E-state index in [4.69, 9.17) is 11.6 Å². The summed E-state index contributed by atoms with van der Waals surface area (Å²) in [4.78, 5) is 12.1. The lowest BCUT2D eigenvalue weighted by molar-refractivity contribution is -0.122. The van der Waals surface area contributed by atoms with Crippen molar-refractivity contribution in [2.24, 2.45) is 5.92 Å². The van der Waals surface area contributed by atoms with Crippen LogP contribution in [0, 0.1) is 5.92 Å². The maximum Gasteiger partial charge on any atom is 0.220 e. The number of amides is 1. The third-order valence-electron chi connectivity index (χ3n) is 4.16. The van der Waals surface area contributed by atoms with Crippen LogP contribution in [0.5, 0.6) is 0 Å². The van der Waals surface area contributed by atoms with Crippen LogP contribution in [0.25, 0.3) is 0 Å². The predicted molar refractivity (Wildman–Crippen MR) is 93.5 cm³/mol.